The summed E-state index contributed by atoms with van der Waals surface area (Å²) in [6.45, 7) is 5.76. The first-order valence-corrected chi connectivity index (χ1v) is 7.61. The molecule has 2 amide bonds. The highest BCUT2D eigenvalue weighted by Crippen LogP contribution is 2.22. The smallest absolute Gasteiger partial charge is 0.314 e. The first kappa shape index (κ1) is 14.7. The molecule has 2 rings (SSSR count). The molecule has 0 spiro atoms. The van der Waals surface area contributed by atoms with Gasteiger partial charge in [0.15, 0.2) is 0 Å². The van der Waals surface area contributed by atoms with Crippen molar-refractivity contribution in [2.75, 3.05) is 31.1 Å². The average molecular weight is 275 g/mol. The third-order valence-electron chi connectivity index (χ3n) is 3.77. The lowest BCUT2D eigenvalue weighted by Crippen LogP contribution is -2.39. The third-order valence-corrected chi connectivity index (χ3v) is 3.77. The molecule has 0 aromatic heterocycles. The summed E-state index contributed by atoms with van der Waals surface area (Å²) in [5.74, 6) is 0.548. The third kappa shape index (κ3) is 4.44. The molecule has 1 atom stereocenters. The normalized spacial score (nSPS) is 18.1. The van der Waals surface area contributed by atoms with E-state index in [0.29, 0.717) is 5.92 Å². The Hall–Kier alpha value is -1.71. The molecule has 1 fully saturated rings. The van der Waals surface area contributed by atoms with Crippen molar-refractivity contribution >= 4 is 11.7 Å². The van der Waals surface area contributed by atoms with Crippen molar-refractivity contribution in [1.82, 2.24) is 10.6 Å². The molecule has 4 nitrogen and oxygen atoms in total. The summed E-state index contributed by atoms with van der Waals surface area (Å²) in [4.78, 5) is 14.0. The maximum Gasteiger partial charge on any atom is 0.314 e. The van der Waals surface area contributed by atoms with Crippen LogP contribution in [0.1, 0.15) is 26.2 Å². The maximum absolute atomic E-state index is 11.6. The molecule has 4 heteroatoms. The van der Waals surface area contributed by atoms with E-state index < -0.39 is 0 Å². The van der Waals surface area contributed by atoms with Crippen LogP contribution in [0, 0.1) is 5.92 Å². The number of para-hydroxylation sites is 1. The first-order valence-electron chi connectivity index (χ1n) is 7.61. The summed E-state index contributed by atoms with van der Waals surface area (Å²) in [5.41, 5.74) is 1.28. The number of carbonyl (C=O) groups excluding carboxylic acids is 1. The number of rotatable bonds is 6. The Kier molecular flexibility index (Phi) is 5.71. The lowest BCUT2D eigenvalue weighted by atomic mass is 10.1. The first-order chi connectivity index (χ1) is 9.79. The second-order valence-electron chi connectivity index (χ2n) is 5.43. The molecule has 1 aliphatic rings. The number of unbranched alkanes of at least 4 members (excludes halogenated alkanes) is 1. The van der Waals surface area contributed by atoms with E-state index in [9.17, 15) is 4.79 Å². The lowest BCUT2D eigenvalue weighted by Gasteiger charge is -2.18. The van der Waals surface area contributed by atoms with E-state index in [4.69, 9.17) is 0 Å². The van der Waals surface area contributed by atoms with Crippen molar-refractivity contribution in [3.05, 3.63) is 30.3 Å². The lowest BCUT2D eigenvalue weighted by molar-refractivity contribution is 0.239. The number of benzene rings is 1. The Morgan fingerprint density at radius 2 is 2.10 bits per heavy atom. The van der Waals surface area contributed by atoms with Gasteiger partial charge in [0.05, 0.1) is 0 Å². The average Bonchev–Trinajstić information content (AvgIpc) is 2.95. The summed E-state index contributed by atoms with van der Waals surface area (Å²) in [6, 6.07) is 10.4. The molecular weight excluding hydrogens is 250 g/mol. The van der Waals surface area contributed by atoms with E-state index >= 15 is 0 Å². The Morgan fingerprint density at radius 3 is 2.85 bits per heavy atom. The molecule has 1 heterocycles. The fourth-order valence-corrected chi connectivity index (χ4v) is 2.55. The zero-order valence-electron chi connectivity index (χ0n) is 12.3. The summed E-state index contributed by atoms with van der Waals surface area (Å²) in [6.07, 6.45) is 3.29. The van der Waals surface area contributed by atoms with E-state index in [2.05, 4.69) is 46.7 Å². The minimum absolute atomic E-state index is 0.0309. The summed E-state index contributed by atoms with van der Waals surface area (Å²) < 4.78 is 0. The van der Waals surface area contributed by atoms with E-state index in [-0.39, 0.29) is 6.03 Å². The van der Waals surface area contributed by atoms with Gasteiger partial charge in [-0.1, -0.05) is 31.5 Å². The number of hydrogen-bond donors (Lipinski definition) is 2. The highest BCUT2D eigenvalue weighted by Gasteiger charge is 2.22. The summed E-state index contributed by atoms with van der Waals surface area (Å²) in [7, 11) is 0. The van der Waals surface area contributed by atoms with Gasteiger partial charge in [-0.05, 0) is 30.9 Å². The predicted octanol–water partition coefficient (Wildman–Crippen LogP) is 2.61. The van der Waals surface area contributed by atoms with E-state index in [1.165, 1.54) is 5.69 Å². The van der Waals surface area contributed by atoms with Gasteiger partial charge in [0.25, 0.3) is 0 Å². The number of carbonyl (C=O) groups is 1. The largest absolute Gasteiger partial charge is 0.371 e. The van der Waals surface area contributed by atoms with Crippen LogP contribution in [0.4, 0.5) is 10.5 Å². The van der Waals surface area contributed by atoms with Crippen LogP contribution in [0.3, 0.4) is 0 Å². The highest BCUT2D eigenvalue weighted by molar-refractivity contribution is 5.73. The number of anilines is 1. The van der Waals surface area contributed by atoms with Crippen LogP contribution in [0.25, 0.3) is 0 Å². The molecule has 1 aromatic carbocycles. The van der Waals surface area contributed by atoms with E-state index in [0.717, 1.165) is 45.4 Å². The Balaban J connectivity index is 1.67. The van der Waals surface area contributed by atoms with Crippen LogP contribution in [0.2, 0.25) is 0 Å². The molecule has 0 saturated carbocycles. The SMILES string of the molecule is CCCCNC(=O)NCC1CCN(c2ccccc2)C1. The molecular formula is C16H25N3O. The second-order valence-corrected chi connectivity index (χ2v) is 5.43. The van der Waals surface area contributed by atoms with Crippen LogP contribution in [-0.4, -0.2) is 32.2 Å². The summed E-state index contributed by atoms with van der Waals surface area (Å²) in [5, 5.41) is 5.87. The van der Waals surface area contributed by atoms with Gasteiger partial charge >= 0.3 is 6.03 Å². The molecule has 0 radical (unpaired) electrons. The second kappa shape index (κ2) is 7.78. The number of urea groups is 1. The number of nitrogens with one attached hydrogen (secondary N) is 2. The van der Waals surface area contributed by atoms with Crippen LogP contribution < -0.4 is 15.5 Å². The molecule has 1 saturated heterocycles. The van der Waals surface area contributed by atoms with Gasteiger partial charge in [0.1, 0.15) is 0 Å². The van der Waals surface area contributed by atoms with Crippen molar-refractivity contribution in [1.29, 1.82) is 0 Å². The van der Waals surface area contributed by atoms with Crippen LogP contribution in [0.5, 0.6) is 0 Å². The highest BCUT2D eigenvalue weighted by atomic mass is 16.2. The predicted molar refractivity (Wildman–Crippen MR) is 83.1 cm³/mol. The Bertz CT molecular complexity index is 407. The van der Waals surface area contributed by atoms with Crippen LogP contribution >= 0.6 is 0 Å². The molecule has 110 valence electrons. The van der Waals surface area contributed by atoms with Crippen molar-refractivity contribution in [3.63, 3.8) is 0 Å². The van der Waals surface area contributed by atoms with Crippen LogP contribution in [-0.2, 0) is 0 Å². The van der Waals surface area contributed by atoms with Gasteiger partial charge in [0.2, 0.25) is 0 Å². The molecule has 1 aliphatic heterocycles. The van der Waals surface area contributed by atoms with Crippen LogP contribution in [0.15, 0.2) is 30.3 Å². The topological polar surface area (TPSA) is 44.4 Å². The maximum atomic E-state index is 11.6. The van der Waals surface area contributed by atoms with Gasteiger partial charge in [-0.3, -0.25) is 0 Å². The molecule has 1 unspecified atom stereocenters. The molecule has 20 heavy (non-hydrogen) atoms. The van der Waals surface area contributed by atoms with Crippen molar-refractivity contribution in [2.24, 2.45) is 5.92 Å². The zero-order chi connectivity index (χ0) is 14.2. The molecule has 2 N–H and O–H groups in total. The van der Waals surface area contributed by atoms with Gasteiger partial charge in [-0.2, -0.15) is 0 Å². The van der Waals surface area contributed by atoms with Crippen molar-refractivity contribution in [2.45, 2.75) is 26.2 Å². The fourth-order valence-electron chi connectivity index (χ4n) is 2.55. The molecule has 0 bridgehead atoms. The van der Waals surface area contributed by atoms with E-state index in [1.54, 1.807) is 0 Å². The Morgan fingerprint density at radius 1 is 1.30 bits per heavy atom. The fraction of sp³-hybridized carbons (Fsp3) is 0.562. The standard InChI is InChI=1S/C16H25N3O/c1-2-3-10-17-16(20)18-12-14-9-11-19(13-14)15-7-5-4-6-8-15/h4-8,14H,2-3,9-13H2,1H3,(H2,17,18,20). The quantitative estimate of drug-likeness (QED) is 0.784. The van der Waals surface area contributed by atoms with Crippen molar-refractivity contribution in [3.8, 4) is 0 Å². The Labute approximate surface area is 121 Å². The van der Waals surface area contributed by atoms with Gasteiger partial charge in [0, 0.05) is 31.9 Å². The van der Waals surface area contributed by atoms with Gasteiger partial charge < -0.3 is 15.5 Å². The minimum atomic E-state index is -0.0309. The number of hydrogen-bond acceptors (Lipinski definition) is 2. The number of amides is 2. The molecule has 0 aliphatic carbocycles. The van der Waals surface area contributed by atoms with Gasteiger partial charge in [-0.25, -0.2) is 4.79 Å². The minimum Gasteiger partial charge on any atom is -0.371 e. The van der Waals surface area contributed by atoms with Crippen molar-refractivity contribution < 1.29 is 4.79 Å². The summed E-state index contributed by atoms with van der Waals surface area (Å²) >= 11 is 0. The number of nitrogens with zero attached hydrogens (tertiary/aromatic N) is 1. The monoisotopic (exact) mass is 275 g/mol. The molecule has 1 aromatic rings. The van der Waals surface area contributed by atoms with E-state index in [1.807, 2.05) is 6.07 Å². The van der Waals surface area contributed by atoms with Gasteiger partial charge in [-0.15, -0.1) is 0 Å². The zero-order valence-corrected chi connectivity index (χ0v) is 12.3.